The van der Waals surface area contributed by atoms with Gasteiger partial charge in [-0.25, -0.2) is 0 Å². The van der Waals surface area contributed by atoms with E-state index in [0.29, 0.717) is 18.3 Å². The van der Waals surface area contributed by atoms with Crippen molar-refractivity contribution in [2.45, 2.75) is 13.3 Å². The van der Waals surface area contributed by atoms with Crippen LogP contribution < -0.4 is 5.32 Å². The van der Waals surface area contributed by atoms with Crippen molar-refractivity contribution < 1.29 is 4.79 Å². The third-order valence-corrected chi connectivity index (χ3v) is 2.26. The molecular weight excluding hydrogens is 150 g/mol. The molecule has 0 radical (unpaired) electrons. The van der Waals surface area contributed by atoms with Gasteiger partial charge in [0.2, 0.25) is 5.91 Å². The van der Waals surface area contributed by atoms with Crippen LogP contribution in [-0.2, 0) is 4.79 Å². The van der Waals surface area contributed by atoms with Crippen LogP contribution in [0.3, 0.4) is 0 Å². The fourth-order valence-electron chi connectivity index (χ4n) is 1.33. The molecule has 0 heterocycles. The molecule has 0 bridgehead atoms. The lowest BCUT2D eigenvalue weighted by Crippen LogP contribution is -2.23. The first-order chi connectivity index (χ1) is 5.74. The van der Waals surface area contributed by atoms with E-state index in [1.807, 2.05) is 12.2 Å². The standard InChI is InChI=1S/C10H15NO/c1-8-5-3-4-6-9(8)7-10(12)11-2/h3-6,8-9H,7H2,1-2H3,(H,11,12). The van der Waals surface area contributed by atoms with Crippen molar-refractivity contribution in [3.8, 4) is 0 Å². The van der Waals surface area contributed by atoms with Crippen molar-refractivity contribution in [3.63, 3.8) is 0 Å². The zero-order chi connectivity index (χ0) is 8.97. The average Bonchev–Trinajstić information content (AvgIpc) is 2.09. The van der Waals surface area contributed by atoms with E-state index >= 15 is 0 Å². The number of nitrogens with one attached hydrogen (secondary N) is 1. The SMILES string of the molecule is CNC(=O)CC1C=CC=CC1C. The van der Waals surface area contributed by atoms with Gasteiger partial charge in [-0.1, -0.05) is 31.2 Å². The lowest BCUT2D eigenvalue weighted by Gasteiger charge is -2.18. The minimum Gasteiger partial charge on any atom is -0.359 e. The van der Waals surface area contributed by atoms with Gasteiger partial charge in [-0.3, -0.25) is 4.79 Å². The number of carbonyl (C=O) groups excluding carboxylic acids is 1. The Morgan fingerprint density at radius 1 is 1.42 bits per heavy atom. The van der Waals surface area contributed by atoms with Gasteiger partial charge in [0.15, 0.2) is 0 Å². The van der Waals surface area contributed by atoms with E-state index in [-0.39, 0.29) is 5.91 Å². The summed E-state index contributed by atoms with van der Waals surface area (Å²) in [5.41, 5.74) is 0. The summed E-state index contributed by atoms with van der Waals surface area (Å²) >= 11 is 0. The van der Waals surface area contributed by atoms with Crippen molar-refractivity contribution in [3.05, 3.63) is 24.3 Å². The van der Waals surface area contributed by atoms with E-state index in [1.165, 1.54) is 0 Å². The van der Waals surface area contributed by atoms with E-state index in [1.54, 1.807) is 7.05 Å². The summed E-state index contributed by atoms with van der Waals surface area (Å²) in [5.74, 6) is 0.967. The molecule has 0 fully saturated rings. The minimum atomic E-state index is 0.117. The molecule has 0 saturated carbocycles. The van der Waals surface area contributed by atoms with Gasteiger partial charge in [0.05, 0.1) is 0 Å². The average molecular weight is 165 g/mol. The molecule has 2 heteroatoms. The number of rotatable bonds is 2. The smallest absolute Gasteiger partial charge is 0.220 e. The van der Waals surface area contributed by atoms with Crippen LogP contribution in [-0.4, -0.2) is 13.0 Å². The molecule has 0 aromatic carbocycles. The third kappa shape index (κ3) is 2.22. The van der Waals surface area contributed by atoms with Crippen LogP contribution in [0.15, 0.2) is 24.3 Å². The Balaban J connectivity index is 2.47. The Morgan fingerprint density at radius 2 is 2.08 bits per heavy atom. The molecule has 0 aromatic heterocycles. The highest BCUT2D eigenvalue weighted by atomic mass is 16.1. The van der Waals surface area contributed by atoms with Crippen molar-refractivity contribution in [1.82, 2.24) is 5.32 Å². The first-order valence-corrected chi connectivity index (χ1v) is 4.29. The number of hydrogen-bond acceptors (Lipinski definition) is 1. The quantitative estimate of drug-likeness (QED) is 0.660. The molecule has 1 aliphatic carbocycles. The predicted molar refractivity (Wildman–Crippen MR) is 49.6 cm³/mol. The fourth-order valence-corrected chi connectivity index (χ4v) is 1.33. The number of amides is 1. The molecule has 1 aliphatic rings. The summed E-state index contributed by atoms with van der Waals surface area (Å²) in [6.45, 7) is 2.13. The van der Waals surface area contributed by atoms with Gasteiger partial charge in [-0.2, -0.15) is 0 Å². The largest absolute Gasteiger partial charge is 0.359 e. The Kier molecular flexibility index (Phi) is 3.09. The minimum absolute atomic E-state index is 0.117. The molecule has 2 unspecified atom stereocenters. The Hall–Kier alpha value is -1.05. The van der Waals surface area contributed by atoms with Gasteiger partial charge in [0, 0.05) is 13.5 Å². The highest BCUT2D eigenvalue weighted by Crippen LogP contribution is 2.21. The Bertz CT molecular complexity index is 218. The summed E-state index contributed by atoms with van der Waals surface area (Å²) in [6.07, 6.45) is 8.87. The van der Waals surface area contributed by atoms with Crippen LogP contribution in [0.2, 0.25) is 0 Å². The Labute approximate surface area is 73.4 Å². The fraction of sp³-hybridized carbons (Fsp3) is 0.500. The second kappa shape index (κ2) is 4.10. The number of allylic oxidation sites excluding steroid dienone is 4. The van der Waals surface area contributed by atoms with Crippen LogP contribution >= 0.6 is 0 Å². The molecule has 2 atom stereocenters. The van der Waals surface area contributed by atoms with Gasteiger partial charge < -0.3 is 5.32 Å². The molecule has 1 rings (SSSR count). The van der Waals surface area contributed by atoms with E-state index < -0.39 is 0 Å². The summed E-state index contributed by atoms with van der Waals surface area (Å²) in [7, 11) is 1.68. The second-order valence-corrected chi connectivity index (χ2v) is 3.17. The zero-order valence-electron chi connectivity index (χ0n) is 7.58. The van der Waals surface area contributed by atoms with Crippen LogP contribution in [0.1, 0.15) is 13.3 Å². The molecule has 12 heavy (non-hydrogen) atoms. The van der Waals surface area contributed by atoms with Crippen molar-refractivity contribution in [2.24, 2.45) is 11.8 Å². The molecule has 66 valence electrons. The van der Waals surface area contributed by atoms with Crippen molar-refractivity contribution >= 4 is 5.91 Å². The lowest BCUT2D eigenvalue weighted by atomic mass is 9.87. The lowest BCUT2D eigenvalue weighted by molar-refractivity contribution is -0.121. The first kappa shape index (κ1) is 9.04. The van der Waals surface area contributed by atoms with E-state index in [9.17, 15) is 4.79 Å². The molecule has 0 aliphatic heterocycles. The highest BCUT2D eigenvalue weighted by Gasteiger charge is 2.16. The van der Waals surface area contributed by atoms with Crippen molar-refractivity contribution in [2.75, 3.05) is 7.05 Å². The molecule has 0 saturated heterocycles. The van der Waals surface area contributed by atoms with Crippen LogP contribution in [0.4, 0.5) is 0 Å². The first-order valence-electron chi connectivity index (χ1n) is 4.29. The monoisotopic (exact) mass is 165 g/mol. The maximum atomic E-state index is 11.1. The Morgan fingerprint density at radius 3 is 2.67 bits per heavy atom. The maximum absolute atomic E-state index is 11.1. The second-order valence-electron chi connectivity index (χ2n) is 3.17. The van der Waals surface area contributed by atoms with Gasteiger partial charge in [0.25, 0.3) is 0 Å². The molecule has 0 aromatic rings. The topological polar surface area (TPSA) is 29.1 Å². The number of carbonyl (C=O) groups is 1. The predicted octanol–water partition coefficient (Wildman–Crippen LogP) is 1.50. The number of hydrogen-bond donors (Lipinski definition) is 1. The van der Waals surface area contributed by atoms with E-state index in [0.717, 1.165) is 0 Å². The van der Waals surface area contributed by atoms with Crippen molar-refractivity contribution in [1.29, 1.82) is 0 Å². The summed E-state index contributed by atoms with van der Waals surface area (Å²) in [6, 6.07) is 0. The van der Waals surface area contributed by atoms with Crippen LogP contribution in [0.5, 0.6) is 0 Å². The van der Waals surface area contributed by atoms with E-state index in [4.69, 9.17) is 0 Å². The van der Waals surface area contributed by atoms with Crippen LogP contribution in [0, 0.1) is 11.8 Å². The highest BCUT2D eigenvalue weighted by molar-refractivity contribution is 5.76. The van der Waals surface area contributed by atoms with Gasteiger partial charge in [0.1, 0.15) is 0 Å². The zero-order valence-corrected chi connectivity index (χ0v) is 7.58. The van der Waals surface area contributed by atoms with Gasteiger partial charge in [-0.15, -0.1) is 0 Å². The summed E-state index contributed by atoms with van der Waals surface area (Å²) in [4.78, 5) is 11.1. The summed E-state index contributed by atoms with van der Waals surface area (Å²) < 4.78 is 0. The normalized spacial score (nSPS) is 27.2. The van der Waals surface area contributed by atoms with Gasteiger partial charge >= 0.3 is 0 Å². The molecule has 2 nitrogen and oxygen atoms in total. The van der Waals surface area contributed by atoms with Crippen LogP contribution in [0.25, 0.3) is 0 Å². The summed E-state index contributed by atoms with van der Waals surface area (Å²) in [5, 5.41) is 2.64. The molecular formula is C10H15NO. The molecule has 0 spiro atoms. The third-order valence-electron chi connectivity index (χ3n) is 2.26. The maximum Gasteiger partial charge on any atom is 0.220 e. The van der Waals surface area contributed by atoms with Gasteiger partial charge in [-0.05, 0) is 11.8 Å². The van der Waals surface area contributed by atoms with E-state index in [2.05, 4.69) is 24.4 Å². The molecule has 1 N–H and O–H groups in total. The molecule has 1 amide bonds.